The van der Waals surface area contributed by atoms with Crippen LogP contribution in [0.5, 0.6) is 0 Å². The molecule has 0 unspecified atom stereocenters. The topological polar surface area (TPSA) is 72.9 Å². The van der Waals surface area contributed by atoms with Gasteiger partial charge in [0.1, 0.15) is 0 Å². The van der Waals surface area contributed by atoms with Crippen LogP contribution in [-0.2, 0) is 6.54 Å². The second-order valence-corrected chi connectivity index (χ2v) is 5.60. The number of thiophene rings is 1. The Morgan fingerprint density at radius 3 is 2.90 bits per heavy atom. The lowest BCUT2D eigenvalue weighted by molar-refractivity contribution is 0.102. The van der Waals surface area contributed by atoms with Crippen molar-refractivity contribution in [1.29, 1.82) is 0 Å². The summed E-state index contributed by atoms with van der Waals surface area (Å²) in [5.41, 5.74) is 7.48. The van der Waals surface area contributed by atoms with Crippen molar-refractivity contribution >= 4 is 34.2 Å². The molecule has 1 aromatic carbocycles. The number of nitrogens with two attached hydrogens (primary N) is 1. The zero-order chi connectivity index (χ0) is 14.7. The first-order valence-electron chi connectivity index (χ1n) is 6.80. The molecular formula is C15H16N4OS. The summed E-state index contributed by atoms with van der Waals surface area (Å²) in [7, 11) is 0. The Morgan fingerprint density at radius 2 is 2.14 bits per heavy atom. The summed E-state index contributed by atoms with van der Waals surface area (Å²) in [6.45, 7) is 1.34. The number of hydrogen-bond donors (Lipinski definition) is 2. The van der Waals surface area contributed by atoms with E-state index in [0.29, 0.717) is 17.4 Å². The Hall–Kier alpha value is -2.18. The number of para-hydroxylation sites is 2. The minimum absolute atomic E-state index is 0.130. The minimum atomic E-state index is -0.130. The van der Waals surface area contributed by atoms with E-state index < -0.39 is 0 Å². The van der Waals surface area contributed by atoms with E-state index in [-0.39, 0.29) is 5.91 Å². The van der Waals surface area contributed by atoms with Crippen LogP contribution in [0.2, 0.25) is 0 Å². The van der Waals surface area contributed by atoms with E-state index in [0.717, 1.165) is 24.0 Å². The molecule has 0 fully saturated rings. The highest BCUT2D eigenvalue weighted by Gasteiger charge is 2.14. The molecule has 0 atom stereocenters. The first kappa shape index (κ1) is 13.8. The molecule has 0 aliphatic rings. The van der Waals surface area contributed by atoms with Gasteiger partial charge < -0.3 is 10.3 Å². The van der Waals surface area contributed by atoms with Crippen molar-refractivity contribution < 1.29 is 4.79 Å². The van der Waals surface area contributed by atoms with E-state index in [1.54, 1.807) is 6.07 Å². The van der Waals surface area contributed by atoms with Crippen molar-refractivity contribution in [3.05, 3.63) is 46.7 Å². The Kier molecular flexibility index (Phi) is 3.98. The Labute approximate surface area is 126 Å². The zero-order valence-electron chi connectivity index (χ0n) is 11.5. The fourth-order valence-electron chi connectivity index (χ4n) is 2.22. The molecule has 3 N–H and O–H groups in total. The van der Waals surface area contributed by atoms with Crippen molar-refractivity contribution in [2.24, 2.45) is 5.73 Å². The summed E-state index contributed by atoms with van der Waals surface area (Å²) in [5.74, 6) is 0.442. The third-order valence-electron chi connectivity index (χ3n) is 3.21. The van der Waals surface area contributed by atoms with E-state index in [1.807, 2.05) is 40.3 Å². The van der Waals surface area contributed by atoms with Crippen LogP contribution in [0, 0.1) is 0 Å². The molecular weight excluding hydrogens is 284 g/mol. The second kappa shape index (κ2) is 6.07. The van der Waals surface area contributed by atoms with Gasteiger partial charge in [-0.05, 0) is 36.5 Å². The lowest BCUT2D eigenvalue weighted by atomic mass is 10.3. The summed E-state index contributed by atoms with van der Waals surface area (Å²) >= 11 is 1.41. The van der Waals surface area contributed by atoms with Crippen molar-refractivity contribution in [2.75, 3.05) is 11.9 Å². The van der Waals surface area contributed by atoms with Gasteiger partial charge in [-0.2, -0.15) is 0 Å². The SMILES string of the molecule is NCCCn1c(NC(=O)c2cccs2)nc2ccccc21. The van der Waals surface area contributed by atoms with Crippen molar-refractivity contribution in [1.82, 2.24) is 9.55 Å². The summed E-state index contributed by atoms with van der Waals surface area (Å²) in [4.78, 5) is 17.4. The van der Waals surface area contributed by atoms with Gasteiger partial charge in [0.2, 0.25) is 5.95 Å². The molecule has 2 heterocycles. The van der Waals surface area contributed by atoms with E-state index >= 15 is 0 Å². The normalized spacial score (nSPS) is 10.9. The number of hydrogen-bond acceptors (Lipinski definition) is 4. The van der Waals surface area contributed by atoms with Crippen LogP contribution in [0.25, 0.3) is 11.0 Å². The van der Waals surface area contributed by atoms with E-state index in [1.165, 1.54) is 11.3 Å². The number of nitrogens with one attached hydrogen (secondary N) is 1. The van der Waals surface area contributed by atoms with Crippen LogP contribution in [0.15, 0.2) is 41.8 Å². The summed E-state index contributed by atoms with van der Waals surface area (Å²) in [6, 6.07) is 11.5. The molecule has 0 bridgehead atoms. The van der Waals surface area contributed by atoms with E-state index in [4.69, 9.17) is 5.73 Å². The van der Waals surface area contributed by atoms with Gasteiger partial charge in [-0.25, -0.2) is 4.98 Å². The smallest absolute Gasteiger partial charge is 0.268 e. The number of imidazole rings is 1. The molecule has 0 aliphatic heterocycles. The van der Waals surface area contributed by atoms with Gasteiger partial charge in [0.25, 0.3) is 5.91 Å². The third kappa shape index (κ3) is 2.81. The molecule has 3 rings (SSSR count). The molecule has 0 saturated carbocycles. The number of fused-ring (bicyclic) bond motifs is 1. The third-order valence-corrected chi connectivity index (χ3v) is 4.08. The summed E-state index contributed by atoms with van der Waals surface area (Å²) < 4.78 is 2.01. The molecule has 5 nitrogen and oxygen atoms in total. The van der Waals surface area contributed by atoms with Gasteiger partial charge in [-0.3, -0.25) is 10.1 Å². The first-order valence-corrected chi connectivity index (χ1v) is 7.68. The Morgan fingerprint density at radius 1 is 1.29 bits per heavy atom. The monoisotopic (exact) mass is 300 g/mol. The molecule has 21 heavy (non-hydrogen) atoms. The average molecular weight is 300 g/mol. The van der Waals surface area contributed by atoms with Crippen molar-refractivity contribution in [3.8, 4) is 0 Å². The highest BCUT2D eigenvalue weighted by atomic mass is 32.1. The Balaban J connectivity index is 1.94. The minimum Gasteiger partial charge on any atom is -0.330 e. The van der Waals surface area contributed by atoms with Gasteiger partial charge in [0, 0.05) is 6.54 Å². The number of benzene rings is 1. The van der Waals surface area contributed by atoms with Crippen LogP contribution >= 0.6 is 11.3 Å². The zero-order valence-corrected chi connectivity index (χ0v) is 12.3. The first-order chi connectivity index (χ1) is 10.3. The predicted molar refractivity (Wildman–Crippen MR) is 85.7 cm³/mol. The maximum Gasteiger partial charge on any atom is 0.268 e. The van der Waals surface area contributed by atoms with Crippen LogP contribution in [0.1, 0.15) is 16.1 Å². The number of anilines is 1. The molecule has 0 spiro atoms. The quantitative estimate of drug-likeness (QED) is 0.761. The van der Waals surface area contributed by atoms with Gasteiger partial charge in [0.15, 0.2) is 0 Å². The van der Waals surface area contributed by atoms with Gasteiger partial charge in [-0.15, -0.1) is 11.3 Å². The number of aryl methyl sites for hydroxylation is 1. The van der Waals surface area contributed by atoms with Gasteiger partial charge >= 0.3 is 0 Å². The number of aromatic nitrogens is 2. The van der Waals surface area contributed by atoms with Crippen LogP contribution in [0.4, 0.5) is 5.95 Å². The van der Waals surface area contributed by atoms with E-state index in [2.05, 4.69) is 10.3 Å². The Bertz CT molecular complexity index is 748. The number of nitrogens with zero attached hydrogens (tertiary/aromatic N) is 2. The molecule has 0 aliphatic carbocycles. The van der Waals surface area contributed by atoms with E-state index in [9.17, 15) is 4.79 Å². The highest BCUT2D eigenvalue weighted by Crippen LogP contribution is 2.21. The molecule has 1 amide bonds. The fraction of sp³-hybridized carbons (Fsp3) is 0.200. The van der Waals surface area contributed by atoms with Crippen LogP contribution in [-0.4, -0.2) is 22.0 Å². The van der Waals surface area contributed by atoms with Crippen LogP contribution in [0.3, 0.4) is 0 Å². The molecule has 3 aromatic rings. The summed E-state index contributed by atoms with van der Waals surface area (Å²) in [6.07, 6.45) is 0.836. The number of rotatable bonds is 5. The maximum atomic E-state index is 12.2. The predicted octanol–water partition coefficient (Wildman–Crippen LogP) is 2.70. The fourth-order valence-corrected chi connectivity index (χ4v) is 2.84. The second-order valence-electron chi connectivity index (χ2n) is 4.65. The number of carbonyl (C=O) groups is 1. The highest BCUT2D eigenvalue weighted by molar-refractivity contribution is 7.12. The van der Waals surface area contributed by atoms with Gasteiger partial charge in [0.05, 0.1) is 15.9 Å². The van der Waals surface area contributed by atoms with Gasteiger partial charge in [-0.1, -0.05) is 18.2 Å². The maximum absolute atomic E-state index is 12.2. The molecule has 0 radical (unpaired) electrons. The molecule has 108 valence electrons. The molecule has 6 heteroatoms. The average Bonchev–Trinajstić information content (AvgIpc) is 3.13. The molecule has 0 saturated heterocycles. The van der Waals surface area contributed by atoms with Crippen LogP contribution < -0.4 is 11.1 Å². The van der Waals surface area contributed by atoms with Crippen molar-refractivity contribution in [3.63, 3.8) is 0 Å². The largest absolute Gasteiger partial charge is 0.330 e. The molecule has 2 aromatic heterocycles. The number of carbonyl (C=O) groups excluding carboxylic acids is 1. The summed E-state index contributed by atoms with van der Waals surface area (Å²) in [5, 5.41) is 4.78. The standard InChI is InChI=1S/C15H16N4OS/c16-8-4-9-19-12-6-2-1-5-11(12)17-15(19)18-14(20)13-7-3-10-21-13/h1-3,5-7,10H,4,8-9,16H2,(H,17,18,20). The lowest BCUT2D eigenvalue weighted by Gasteiger charge is -2.08. The van der Waals surface area contributed by atoms with Crippen molar-refractivity contribution in [2.45, 2.75) is 13.0 Å². The lowest BCUT2D eigenvalue weighted by Crippen LogP contribution is -2.16. The number of amides is 1.